The maximum absolute atomic E-state index is 12.8. The molecule has 6 heteroatoms. The first-order chi connectivity index (χ1) is 7.41. The lowest BCUT2D eigenvalue weighted by atomic mass is 10.1. The van der Waals surface area contributed by atoms with Crippen molar-refractivity contribution < 1.29 is 23.5 Å². The van der Waals surface area contributed by atoms with Gasteiger partial charge in [-0.05, 0) is 12.1 Å². The van der Waals surface area contributed by atoms with Gasteiger partial charge < -0.3 is 5.11 Å². The Morgan fingerprint density at radius 3 is 2.31 bits per heavy atom. The van der Waals surface area contributed by atoms with Gasteiger partial charge >= 0.3 is 5.97 Å². The van der Waals surface area contributed by atoms with Crippen molar-refractivity contribution in [2.45, 2.75) is 12.8 Å². The molecule has 0 aliphatic carbocycles. The number of carbonyl (C=O) groups is 2. The number of aliphatic carboxylic acids is 1. The first kappa shape index (κ1) is 12.6. The van der Waals surface area contributed by atoms with Gasteiger partial charge in [0.25, 0.3) is 0 Å². The summed E-state index contributed by atoms with van der Waals surface area (Å²) in [5, 5.41) is 8.13. The summed E-state index contributed by atoms with van der Waals surface area (Å²) in [6.45, 7) is 0. The molecule has 1 rings (SSSR count). The van der Waals surface area contributed by atoms with Crippen LogP contribution in [0.15, 0.2) is 12.1 Å². The first-order valence-electron chi connectivity index (χ1n) is 4.31. The van der Waals surface area contributed by atoms with Gasteiger partial charge in [0.2, 0.25) is 0 Å². The van der Waals surface area contributed by atoms with Gasteiger partial charge in [0.05, 0.1) is 11.4 Å². The maximum Gasteiger partial charge on any atom is 0.303 e. The molecule has 0 heterocycles. The summed E-state index contributed by atoms with van der Waals surface area (Å²) >= 11 is 5.54. The van der Waals surface area contributed by atoms with Gasteiger partial charge in [0, 0.05) is 12.0 Å². The molecule has 1 N–H and O–H groups in total. The SMILES string of the molecule is O=C(O)CCC(=O)c1cc(F)c(F)cc1Cl. The second-order valence-corrected chi connectivity index (χ2v) is 3.47. The highest BCUT2D eigenvalue weighted by Gasteiger charge is 2.15. The third-order valence-electron chi connectivity index (χ3n) is 1.88. The lowest BCUT2D eigenvalue weighted by Gasteiger charge is -2.03. The number of carboxylic acids is 1. The van der Waals surface area contributed by atoms with Gasteiger partial charge in [0.1, 0.15) is 0 Å². The summed E-state index contributed by atoms with van der Waals surface area (Å²) in [6.07, 6.45) is -0.686. The van der Waals surface area contributed by atoms with Crippen molar-refractivity contribution in [3.05, 3.63) is 34.4 Å². The molecule has 1 aromatic rings. The smallest absolute Gasteiger partial charge is 0.303 e. The molecule has 0 aliphatic heterocycles. The number of benzene rings is 1. The van der Waals surface area contributed by atoms with Crippen LogP contribution in [-0.2, 0) is 4.79 Å². The predicted octanol–water partition coefficient (Wildman–Crippen LogP) is 2.67. The summed E-state index contributed by atoms with van der Waals surface area (Å²) in [5.41, 5.74) is -0.207. The second-order valence-electron chi connectivity index (χ2n) is 3.06. The molecular formula is C10H7ClF2O3. The van der Waals surface area contributed by atoms with E-state index in [-0.39, 0.29) is 23.4 Å². The molecule has 0 fully saturated rings. The number of Topliss-reactive ketones (excluding diaryl/α,β-unsaturated/α-hetero) is 1. The fraction of sp³-hybridized carbons (Fsp3) is 0.200. The molecule has 0 spiro atoms. The van der Waals surface area contributed by atoms with Crippen molar-refractivity contribution in [3.8, 4) is 0 Å². The van der Waals surface area contributed by atoms with E-state index in [4.69, 9.17) is 16.7 Å². The highest BCUT2D eigenvalue weighted by atomic mass is 35.5. The minimum absolute atomic E-state index is 0.207. The fourth-order valence-electron chi connectivity index (χ4n) is 1.09. The van der Waals surface area contributed by atoms with Crippen LogP contribution in [0.1, 0.15) is 23.2 Å². The monoisotopic (exact) mass is 248 g/mol. The van der Waals surface area contributed by atoms with E-state index in [0.717, 1.165) is 0 Å². The van der Waals surface area contributed by atoms with Crippen LogP contribution >= 0.6 is 11.6 Å². The summed E-state index contributed by atoms with van der Waals surface area (Å²) in [6, 6.07) is 1.35. The van der Waals surface area contributed by atoms with E-state index < -0.39 is 23.4 Å². The predicted molar refractivity (Wildman–Crippen MR) is 52.6 cm³/mol. The van der Waals surface area contributed by atoms with Crippen molar-refractivity contribution in [1.29, 1.82) is 0 Å². The summed E-state index contributed by atoms with van der Waals surface area (Å²) in [5.74, 6) is -4.12. The van der Waals surface area contributed by atoms with Gasteiger partial charge in [0.15, 0.2) is 17.4 Å². The molecule has 3 nitrogen and oxygen atoms in total. The average Bonchev–Trinajstić information content (AvgIpc) is 2.20. The topological polar surface area (TPSA) is 54.4 Å². The Hall–Kier alpha value is -1.49. The summed E-state index contributed by atoms with van der Waals surface area (Å²) < 4.78 is 25.5. The molecule has 0 bridgehead atoms. The van der Waals surface area contributed by atoms with Gasteiger partial charge in [-0.2, -0.15) is 0 Å². The van der Waals surface area contributed by atoms with E-state index in [1.165, 1.54) is 0 Å². The quantitative estimate of drug-likeness (QED) is 0.658. The number of ketones is 1. The maximum atomic E-state index is 12.8. The molecule has 16 heavy (non-hydrogen) atoms. The molecule has 0 atom stereocenters. The van der Waals surface area contributed by atoms with E-state index in [1.807, 2.05) is 0 Å². The normalized spacial score (nSPS) is 10.2. The van der Waals surface area contributed by atoms with Crippen molar-refractivity contribution >= 4 is 23.4 Å². The molecule has 0 amide bonds. The minimum Gasteiger partial charge on any atom is -0.481 e. The molecule has 1 aromatic carbocycles. The van der Waals surface area contributed by atoms with Gasteiger partial charge in [-0.3, -0.25) is 9.59 Å². The molecule has 0 saturated carbocycles. The lowest BCUT2D eigenvalue weighted by Crippen LogP contribution is -2.05. The third-order valence-corrected chi connectivity index (χ3v) is 2.19. The molecule has 0 saturated heterocycles. The Bertz CT molecular complexity index is 446. The number of halogens is 3. The third kappa shape index (κ3) is 3.00. The Morgan fingerprint density at radius 2 is 1.75 bits per heavy atom. The van der Waals surface area contributed by atoms with Gasteiger partial charge in [-0.1, -0.05) is 11.6 Å². The fourth-order valence-corrected chi connectivity index (χ4v) is 1.35. The minimum atomic E-state index is -1.19. The molecular weight excluding hydrogens is 242 g/mol. The standard InChI is InChI=1S/C10H7ClF2O3/c11-6-4-8(13)7(12)3-5(6)9(14)1-2-10(15)16/h3-4H,1-2H2,(H,15,16). The van der Waals surface area contributed by atoms with E-state index in [0.29, 0.717) is 12.1 Å². The van der Waals surface area contributed by atoms with Gasteiger partial charge in [-0.25, -0.2) is 8.78 Å². The molecule has 86 valence electrons. The van der Waals surface area contributed by atoms with E-state index in [2.05, 4.69) is 0 Å². The van der Waals surface area contributed by atoms with Gasteiger partial charge in [-0.15, -0.1) is 0 Å². The lowest BCUT2D eigenvalue weighted by molar-refractivity contribution is -0.136. The highest BCUT2D eigenvalue weighted by Crippen LogP contribution is 2.21. The Kier molecular flexibility index (Phi) is 3.95. The van der Waals surface area contributed by atoms with E-state index in [1.54, 1.807) is 0 Å². The molecule has 0 radical (unpaired) electrons. The van der Waals surface area contributed by atoms with Crippen LogP contribution in [0.3, 0.4) is 0 Å². The first-order valence-corrected chi connectivity index (χ1v) is 4.69. The summed E-state index contributed by atoms with van der Waals surface area (Å²) in [7, 11) is 0. The van der Waals surface area contributed by atoms with Crippen molar-refractivity contribution in [2.24, 2.45) is 0 Å². The van der Waals surface area contributed by atoms with Crippen molar-refractivity contribution in [3.63, 3.8) is 0 Å². The Balaban J connectivity index is 2.91. The van der Waals surface area contributed by atoms with Crippen LogP contribution in [0.25, 0.3) is 0 Å². The highest BCUT2D eigenvalue weighted by molar-refractivity contribution is 6.34. The van der Waals surface area contributed by atoms with E-state index in [9.17, 15) is 18.4 Å². The largest absolute Gasteiger partial charge is 0.481 e. The van der Waals surface area contributed by atoms with Crippen LogP contribution in [0.4, 0.5) is 8.78 Å². The van der Waals surface area contributed by atoms with Crippen LogP contribution in [0.5, 0.6) is 0 Å². The Labute approximate surface area is 94.6 Å². The number of carbonyl (C=O) groups excluding carboxylic acids is 1. The summed E-state index contributed by atoms with van der Waals surface area (Å²) in [4.78, 5) is 21.6. The molecule has 0 unspecified atom stereocenters. The Morgan fingerprint density at radius 1 is 1.19 bits per heavy atom. The second kappa shape index (κ2) is 5.03. The number of carboxylic acid groups (broad SMARTS) is 1. The average molecular weight is 249 g/mol. The van der Waals surface area contributed by atoms with Crippen LogP contribution in [-0.4, -0.2) is 16.9 Å². The molecule has 0 aromatic heterocycles. The number of rotatable bonds is 4. The van der Waals surface area contributed by atoms with E-state index >= 15 is 0 Å². The zero-order chi connectivity index (χ0) is 12.3. The van der Waals surface area contributed by atoms with Crippen LogP contribution in [0, 0.1) is 11.6 Å². The zero-order valence-electron chi connectivity index (χ0n) is 7.97. The van der Waals surface area contributed by atoms with Crippen LogP contribution in [0.2, 0.25) is 5.02 Å². The molecule has 0 aliphatic rings. The number of hydrogen-bond acceptors (Lipinski definition) is 2. The van der Waals surface area contributed by atoms with Crippen LogP contribution < -0.4 is 0 Å². The van der Waals surface area contributed by atoms with Crippen molar-refractivity contribution in [1.82, 2.24) is 0 Å². The zero-order valence-corrected chi connectivity index (χ0v) is 8.72. The van der Waals surface area contributed by atoms with Crippen molar-refractivity contribution in [2.75, 3.05) is 0 Å². The number of hydrogen-bond donors (Lipinski definition) is 1.